The van der Waals surface area contributed by atoms with Crippen molar-refractivity contribution in [2.24, 2.45) is 0 Å². The zero-order chi connectivity index (χ0) is 22.0. The van der Waals surface area contributed by atoms with E-state index in [1.807, 2.05) is 0 Å². The fraction of sp³-hybridized carbons (Fsp3) is 0.958. The topological polar surface area (TPSA) is 96.2 Å². The number of aliphatic hydroxyl groups is 3. The highest BCUT2D eigenvalue weighted by atomic mass is 16.6. The molecule has 0 bridgehead atoms. The first kappa shape index (κ1) is 27.3. The van der Waals surface area contributed by atoms with E-state index < -0.39 is 24.4 Å². The van der Waals surface area contributed by atoms with E-state index in [1.54, 1.807) is 0 Å². The molecule has 3 N–H and O–H groups in total. The zero-order valence-electron chi connectivity index (χ0n) is 19.1. The van der Waals surface area contributed by atoms with E-state index in [-0.39, 0.29) is 19.2 Å². The standard InChI is InChI=1S/C24H46O6/c1-2-3-4-5-6-7-8-9-10-11-12-13-14-15-16-17-22(27)29-19-21(26)24-23(28)20(25)18-30-24/h20-21,23-26,28H,2-19H2,1H3/t20-,21?,23+,24?/m1/s1. The van der Waals surface area contributed by atoms with E-state index in [9.17, 15) is 20.1 Å². The van der Waals surface area contributed by atoms with E-state index in [0.717, 1.165) is 19.3 Å². The first-order chi connectivity index (χ1) is 14.6. The summed E-state index contributed by atoms with van der Waals surface area (Å²) in [6, 6.07) is 0. The van der Waals surface area contributed by atoms with Gasteiger partial charge in [-0.15, -0.1) is 0 Å². The van der Waals surface area contributed by atoms with Crippen LogP contribution in [0.15, 0.2) is 0 Å². The summed E-state index contributed by atoms with van der Waals surface area (Å²) in [4.78, 5) is 11.8. The number of carbonyl (C=O) groups is 1. The molecule has 1 aliphatic heterocycles. The Hall–Kier alpha value is -0.690. The molecule has 0 spiro atoms. The molecule has 1 aliphatic rings. The minimum atomic E-state index is -1.14. The fourth-order valence-electron chi connectivity index (χ4n) is 3.95. The van der Waals surface area contributed by atoms with Crippen molar-refractivity contribution < 1.29 is 29.6 Å². The molecular weight excluding hydrogens is 384 g/mol. The van der Waals surface area contributed by atoms with Gasteiger partial charge in [0.15, 0.2) is 0 Å². The molecule has 1 rings (SSSR count). The molecule has 1 heterocycles. The predicted octanol–water partition coefficient (Wildman–Crippen LogP) is 4.27. The molecule has 0 aromatic heterocycles. The van der Waals surface area contributed by atoms with Crippen molar-refractivity contribution >= 4 is 5.97 Å². The molecular formula is C24H46O6. The lowest BCUT2D eigenvalue weighted by Gasteiger charge is -2.20. The SMILES string of the molecule is CCCCCCCCCCCCCCCCCC(=O)OCC(O)C1OC[C@@H](O)[C@@H]1O. The summed E-state index contributed by atoms with van der Waals surface area (Å²) in [5.41, 5.74) is 0. The van der Waals surface area contributed by atoms with Crippen molar-refractivity contribution in [3.63, 3.8) is 0 Å². The number of hydrogen-bond donors (Lipinski definition) is 3. The molecule has 178 valence electrons. The molecule has 1 fully saturated rings. The fourth-order valence-corrected chi connectivity index (χ4v) is 3.95. The van der Waals surface area contributed by atoms with E-state index in [0.29, 0.717) is 6.42 Å². The Balaban J connectivity index is 1.83. The number of aliphatic hydroxyl groups excluding tert-OH is 3. The van der Waals surface area contributed by atoms with Crippen LogP contribution in [0.25, 0.3) is 0 Å². The van der Waals surface area contributed by atoms with E-state index in [1.165, 1.54) is 77.0 Å². The van der Waals surface area contributed by atoms with Gasteiger partial charge in [0, 0.05) is 6.42 Å². The van der Waals surface area contributed by atoms with Crippen LogP contribution in [0.3, 0.4) is 0 Å². The number of unbranched alkanes of at least 4 members (excludes halogenated alkanes) is 14. The van der Waals surface area contributed by atoms with Gasteiger partial charge >= 0.3 is 5.97 Å². The quantitative estimate of drug-likeness (QED) is 0.209. The molecule has 6 nitrogen and oxygen atoms in total. The van der Waals surface area contributed by atoms with E-state index in [2.05, 4.69) is 6.92 Å². The second-order valence-corrected chi connectivity index (χ2v) is 8.81. The summed E-state index contributed by atoms with van der Waals surface area (Å²) in [5, 5.41) is 29.0. The largest absolute Gasteiger partial charge is 0.463 e. The second kappa shape index (κ2) is 17.9. The van der Waals surface area contributed by atoms with Crippen LogP contribution in [0.5, 0.6) is 0 Å². The van der Waals surface area contributed by atoms with Gasteiger partial charge in [-0.1, -0.05) is 96.8 Å². The van der Waals surface area contributed by atoms with Crippen molar-refractivity contribution in [2.45, 2.75) is 134 Å². The predicted molar refractivity (Wildman–Crippen MR) is 118 cm³/mol. The van der Waals surface area contributed by atoms with Crippen LogP contribution in [0.4, 0.5) is 0 Å². The van der Waals surface area contributed by atoms with Gasteiger partial charge in [-0.25, -0.2) is 0 Å². The summed E-state index contributed by atoms with van der Waals surface area (Å²) in [6.45, 7) is 2.03. The molecule has 0 aliphatic carbocycles. The third kappa shape index (κ3) is 12.9. The summed E-state index contributed by atoms with van der Waals surface area (Å²) >= 11 is 0. The number of carbonyl (C=O) groups excluding carboxylic acids is 1. The Morgan fingerprint density at radius 2 is 1.33 bits per heavy atom. The maximum absolute atomic E-state index is 11.8. The Morgan fingerprint density at radius 3 is 1.77 bits per heavy atom. The van der Waals surface area contributed by atoms with Crippen LogP contribution in [0, 0.1) is 0 Å². The second-order valence-electron chi connectivity index (χ2n) is 8.81. The average molecular weight is 431 g/mol. The highest BCUT2D eigenvalue weighted by molar-refractivity contribution is 5.69. The van der Waals surface area contributed by atoms with Crippen LogP contribution >= 0.6 is 0 Å². The molecule has 0 amide bonds. The van der Waals surface area contributed by atoms with Gasteiger partial charge in [0.2, 0.25) is 0 Å². The van der Waals surface area contributed by atoms with Crippen LogP contribution < -0.4 is 0 Å². The highest BCUT2D eigenvalue weighted by Gasteiger charge is 2.39. The number of ether oxygens (including phenoxy) is 2. The Labute approximate surface area is 183 Å². The Bertz CT molecular complexity index is 417. The summed E-state index contributed by atoms with van der Waals surface area (Å²) in [7, 11) is 0. The van der Waals surface area contributed by atoms with Crippen LogP contribution in [-0.4, -0.2) is 58.9 Å². The van der Waals surface area contributed by atoms with Gasteiger partial charge in [0.25, 0.3) is 0 Å². The van der Waals surface area contributed by atoms with Crippen molar-refractivity contribution in [3.05, 3.63) is 0 Å². The van der Waals surface area contributed by atoms with Crippen molar-refractivity contribution in [3.8, 4) is 0 Å². The van der Waals surface area contributed by atoms with Crippen molar-refractivity contribution in [1.82, 2.24) is 0 Å². The summed E-state index contributed by atoms with van der Waals surface area (Å²) < 4.78 is 10.2. The average Bonchev–Trinajstić information content (AvgIpc) is 3.07. The molecule has 4 atom stereocenters. The molecule has 0 saturated carbocycles. The first-order valence-corrected chi connectivity index (χ1v) is 12.4. The minimum Gasteiger partial charge on any atom is -0.463 e. The first-order valence-electron chi connectivity index (χ1n) is 12.4. The van der Waals surface area contributed by atoms with Crippen LogP contribution in [0.1, 0.15) is 110 Å². The molecule has 30 heavy (non-hydrogen) atoms. The van der Waals surface area contributed by atoms with Gasteiger partial charge in [-0.3, -0.25) is 4.79 Å². The Kier molecular flexibility index (Phi) is 16.3. The molecule has 2 unspecified atom stereocenters. The molecule has 0 radical (unpaired) electrons. The van der Waals surface area contributed by atoms with Gasteiger partial charge < -0.3 is 24.8 Å². The number of hydrogen-bond acceptors (Lipinski definition) is 6. The maximum Gasteiger partial charge on any atom is 0.305 e. The van der Waals surface area contributed by atoms with Crippen LogP contribution in [-0.2, 0) is 14.3 Å². The molecule has 1 saturated heterocycles. The van der Waals surface area contributed by atoms with Crippen LogP contribution in [0.2, 0.25) is 0 Å². The Morgan fingerprint density at radius 1 is 0.867 bits per heavy atom. The van der Waals surface area contributed by atoms with Crippen molar-refractivity contribution in [1.29, 1.82) is 0 Å². The van der Waals surface area contributed by atoms with Gasteiger partial charge in [-0.05, 0) is 6.42 Å². The summed E-state index contributed by atoms with van der Waals surface area (Å²) in [5.74, 6) is -0.336. The monoisotopic (exact) mass is 430 g/mol. The zero-order valence-corrected chi connectivity index (χ0v) is 19.1. The molecule has 0 aromatic carbocycles. The normalized spacial score (nSPS) is 22.3. The summed E-state index contributed by atoms with van der Waals surface area (Å²) in [6.07, 6.45) is 15.4. The minimum absolute atomic E-state index is 0.0179. The lowest BCUT2D eigenvalue weighted by molar-refractivity contribution is -0.151. The smallest absolute Gasteiger partial charge is 0.305 e. The van der Waals surface area contributed by atoms with Gasteiger partial charge in [0.1, 0.15) is 31.0 Å². The lowest BCUT2D eigenvalue weighted by Crippen LogP contribution is -2.41. The third-order valence-corrected chi connectivity index (χ3v) is 5.97. The van der Waals surface area contributed by atoms with Gasteiger partial charge in [0.05, 0.1) is 6.61 Å². The highest BCUT2D eigenvalue weighted by Crippen LogP contribution is 2.18. The van der Waals surface area contributed by atoms with E-state index in [4.69, 9.17) is 9.47 Å². The van der Waals surface area contributed by atoms with Crippen molar-refractivity contribution in [2.75, 3.05) is 13.2 Å². The van der Waals surface area contributed by atoms with E-state index >= 15 is 0 Å². The lowest BCUT2D eigenvalue weighted by atomic mass is 10.0. The van der Waals surface area contributed by atoms with Gasteiger partial charge in [-0.2, -0.15) is 0 Å². The third-order valence-electron chi connectivity index (χ3n) is 5.97. The number of esters is 1. The maximum atomic E-state index is 11.8. The number of rotatable bonds is 19. The molecule has 0 aromatic rings. The molecule has 6 heteroatoms.